The summed E-state index contributed by atoms with van der Waals surface area (Å²) >= 11 is 1.85. The van der Waals surface area contributed by atoms with Gasteiger partial charge in [-0.05, 0) is 29.8 Å². The van der Waals surface area contributed by atoms with Crippen LogP contribution >= 0.6 is 11.3 Å². The van der Waals surface area contributed by atoms with Gasteiger partial charge in [-0.3, -0.25) is 0 Å². The van der Waals surface area contributed by atoms with Gasteiger partial charge in [-0.1, -0.05) is 33.8 Å². The first-order chi connectivity index (χ1) is 6.66. The Bertz CT molecular complexity index is 241. The third-order valence-electron chi connectivity index (χ3n) is 2.85. The van der Waals surface area contributed by atoms with Crippen LogP contribution in [0, 0.1) is 11.8 Å². The molecule has 0 spiro atoms. The van der Waals surface area contributed by atoms with Gasteiger partial charge in [-0.2, -0.15) is 0 Å². The average Bonchev–Trinajstić information content (AvgIpc) is 2.65. The van der Waals surface area contributed by atoms with Crippen LogP contribution in [0.15, 0.2) is 17.5 Å². The summed E-state index contributed by atoms with van der Waals surface area (Å²) in [5, 5.41) is 5.74. The normalized spacial score (nSPS) is 15.8. The molecular weight excluding hydrogens is 190 g/mol. The SMILES string of the molecule is CCNC(c1cccs1)C(C)C(C)C. The van der Waals surface area contributed by atoms with Gasteiger partial charge < -0.3 is 5.32 Å². The molecule has 0 amide bonds. The zero-order valence-electron chi connectivity index (χ0n) is 9.58. The van der Waals surface area contributed by atoms with Gasteiger partial charge in [0.2, 0.25) is 0 Å². The highest BCUT2D eigenvalue weighted by atomic mass is 32.1. The third kappa shape index (κ3) is 2.82. The van der Waals surface area contributed by atoms with Crippen LogP contribution in [0.1, 0.15) is 38.6 Å². The van der Waals surface area contributed by atoms with Crippen LogP contribution in [-0.2, 0) is 0 Å². The summed E-state index contributed by atoms with van der Waals surface area (Å²) in [4.78, 5) is 1.47. The first-order valence-electron chi connectivity index (χ1n) is 5.43. The summed E-state index contributed by atoms with van der Waals surface area (Å²) in [6.07, 6.45) is 0. The Kier molecular flexibility index (Phi) is 4.63. The van der Waals surface area contributed by atoms with Crippen LogP contribution in [0.3, 0.4) is 0 Å². The molecule has 1 aromatic heterocycles. The first-order valence-corrected chi connectivity index (χ1v) is 6.31. The van der Waals surface area contributed by atoms with E-state index in [4.69, 9.17) is 0 Å². The largest absolute Gasteiger partial charge is 0.309 e. The predicted octanol–water partition coefficient (Wildman–Crippen LogP) is 3.69. The van der Waals surface area contributed by atoms with Crippen LogP contribution in [0.5, 0.6) is 0 Å². The fourth-order valence-corrected chi connectivity index (χ4v) is 2.53. The molecule has 1 rings (SSSR count). The summed E-state index contributed by atoms with van der Waals surface area (Å²) in [6, 6.07) is 4.90. The highest BCUT2D eigenvalue weighted by Crippen LogP contribution is 2.30. The Morgan fingerprint density at radius 2 is 2.07 bits per heavy atom. The standard InChI is InChI=1S/C12H21NS/c1-5-13-12(10(4)9(2)3)11-7-6-8-14-11/h6-10,12-13H,5H2,1-4H3. The van der Waals surface area contributed by atoms with E-state index in [1.165, 1.54) is 4.88 Å². The van der Waals surface area contributed by atoms with E-state index in [9.17, 15) is 0 Å². The molecular formula is C12H21NS. The second-order valence-corrected chi connectivity index (χ2v) is 5.13. The molecule has 2 atom stereocenters. The zero-order chi connectivity index (χ0) is 10.6. The summed E-state index contributed by atoms with van der Waals surface area (Å²) in [7, 11) is 0. The van der Waals surface area contributed by atoms with Gasteiger partial charge in [0.15, 0.2) is 0 Å². The molecule has 2 unspecified atom stereocenters. The van der Waals surface area contributed by atoms with Crippen molar-refractivity contribution in [1.82, 2.24) is 5.32 Å². The maximum absolute atomic E-state index is 3.58. The number of thiophene rings is 1. The van der Waals surface area contributed by atoms with Crippen molar-refractivity contribution < 1.29 is 0 Å². The van der Waals surface area contributed by atoms with Crippen molar-refractivity contribution in [3.8, 4) is 0 Å². The van der Waals surface area contributed by atoms with Crippen molar-refractivity contribution in [2.45, 2.75) is 33.7 Å². The van der Waals surface area contributed by atoms with Crippen molar-refractivity contribution >= 4 is 11.3 Å². The summed E-state index contributed by atoms with van der Waals surface area (Å²) < 4.78 is 0. The highest BCUT2D eigenvalue weighted by Gasteiger charge is 2.21. The van der Waals surface area contributed by atoms with Gasteiger partial charge in [-0.15, -0.1) is 11.3 Å². The van der Waals surface area contributed by atoms with E-state index >= 15 is 0 Å². The number of hydrogen-bond donors (Lipinski definition) is 1. The van der Waals surface area contributed by atoms with Gasteiger partial charge in [0.1, 0.15) is 0 Å². The number of rotatable bonds is 5. The molecule has 0 fully saturated rings. The Hall–Kier alpha value is -0.340. The molecule has 0 aliphatic heterocycles. The Morgan fingerprint density at radius 3 is 2.50 bits per heavy atom. The summed E-state index contributed by atoms with van der Waals surface area (Å²) in [5.41, 5.74) is 0. The minimum atomic E-state index is 0.528. The smallest absolute Gasteiger partial charge is 0.0443 e. The lowest BCUT2D eigenvalue weighted by molar-refractivity contribution is 0.311. The van der Waals surface area contributed by atoms with E-state index in [0.29, 0.717) is 12.0 Å². The minimum absolute atomic E-state index is 0.528. The Labute approximate surface area is 91.5 Å². The van der Waals surface area contributed by atoms with Gasteiger partial charge in [0.25, 0.3) is 0 Å². The lowest BCUT2D eigenvalue weighted by Crippen LogP contribution is -2.28. The van der Waals surface area contributed by atoms with Gasteiger partial charge in [0, 0.05) is 10.9 Å². The van der Waals surface area contributed by atoms with E-state index in [0.717, 1.165) is 12.5 Å². The van der Waals surface area contributed by atoms with Gasteiger partial charge >= 0.3 is 0 Å². The van der Waals surface area contributed by atoms with Gasteiger partial charge in [-0.25, -0.2) is 0 Å². The van der Waals surface area contributed by atoms with Crippen LogP contribution < -0.4 is 5.32 Å². The molecule has 0 bridgehead atoms. The van der Waals surface area contributed by atoms with Crippen LogP contribution in [-0.4, -0.2) is 6.54 Å². The van der Waals surface area contributed by atoms with E-state index in [-0.39, 0.29) is 0 Å². The monoisotopic (exact) mass is 211 g/mol. The number of hydrogen-bond acceptors (Lipinski definition) is 2. The Balaban J connectivity index is 2.74. The predicted molar refractivity (Wildman–Crippen MR) is 64.7 cm³/mol. The van der Waals surface area contributed by atoms with E-state index in [1.54, 1.807) is 0 Å². The molecule has 0 aromatic carbocycles. The first kappa shape index (κ1) is 11.7. The second-order valence-electron chi connectivity index (χ2n) is 4.15. The molecule has 1 nitrogen and oxygen atoms in total. The zero-order valence-corrected chi connectivity index (χ0v) is 10.4. The fourth-order valence-electron chi connectivity index (χ4n) is 1.62. The average molecular weight is 211 g/mol. The van der Waals surface area contributed by atoms with Gasteiger partial charge in [0.05, 0.1) is 0 Å². The van der Waals surface area contributed by atoms with Crippen molar-refractivity contribution in [1.29, 1.82) is 0 Å². The van der Waals surface area contributed by atoms with Crippen LogP contribution in [0.4, 0.5) is 0 Å². The van der Waals surface area contributed by atoms with Crippen molar-refractivity contribution in [3.63, 3.8) is 0 Å². The molecule has 1 heterocycles. The molecule has 80 valence electrons. The summed E-state index contributed by atoms with van der Waals surface area (Å²) in [5.74, 6) is 1.41. The topological polar surface area (TPSA) is 12.0 Å². The minimum Gasteiger partial charge on any atom is -0.309 e. The quantitative estimate of drug-likeness (QED) is 0.783. The van der Waals surface area contributed by atoms with Crippen LogP contribution in [0.2, 0.25) is 0 Å². The lowest BCUT2D eigenvalue weighted by atomic mass is 9.89. The maximum Gasteiger partial charge on any atom is 0.0443 e. The van der Waals surface area contributed by atoms with E-state index < -0.39 is 0 Å². The molecule has 0 radical (unpaired) electrons. The molecule has 1 N–H and O–H groups in total. The molecule has 0 saturated carbocycles. The second kappa shape index (κ2) is 5.52. The van der Waals surface area contributed by atoms with E-state index in [2.05, 4.69) is 50.5 Å². The molecule has 1 aromatic rings. The maximum atomic E-state index is 3.58. The van der Waals surface area contributed by atoms with Crippen molar-refractivity contribution in [2.24, 2.45) is 11.8 Å². The highest BCUT2D eigenvalue weighted by molar-refractivity contribution is 7.10. The molecule has 2 heteroatoms. The van der Waals surface area contributed by atoms with Crippen molar-refractivity contribution in [2.75, 3.05) is 6.54 Å². The third-order valence-corrected chi connectivity index (χ3v) is 3.81. The number of nitrogens with one attached hydrogen (secondary N) is 1. The molecule has 0 saturated heterocycles. The van der Waals surface area contributed by atoms with E-state index in [1.807, 2.05) is 11.3 Å². The molecule has 0 aliphatic carbocycles. The summed E-state index contributed by atoms with van der Waals surface area (Å²) in [6.45, 7) is 10.1. The van der Waals surface area contributed by atoms with Crippen LogP contribution in [0.25, 0.3) is 0 Å². The van der Waals surface area contributed by atoms with Crippen molar-refractivity contribution in [3.05, 3.63) is 22.4 Å². The Morgan fingerprint density at radius 1 is 1.36 bits per heavy atom. The molecule has 14 heavy (non-hydrogen) atoms. The fraction of sp³-hybridized carbons (Fsp3) is 0.667. The molecule has 0 aliphatic rings. The lowest BCUT2D eigenvalue weighted by Gasteiger charge is -2.26.